The maximum absolute atomic E-state index is 13.4. The molecule has 4 heteroatoms. The summed E-state index contributed by atoms with van der Waals surface area (Å²) >= 11 is 0. The molecule has 16 heavy (non-hydrogen) atoms. The molecule has 0 radical (unpaired) electrons. The average Bonchev–Trinajstić information content (AvgIpc) is 2.53. The predicted octanol–water partition coefficient (Wildman–Crippen LogP) is -1.19. The van der Waals surface area contributed by atoms with E-state index in [2.05, 4.69) is 0 Å². The third-order valence-electron chi connectivity index (χ3n) is 2.69. The Morgan fingerprint density at radius 3 is 2.56 bits per heavy atom. The average molecular weight is 285 g/mol. The summed E-state index contributed by atoms with van der Waals surface area (Å²) in [5.74, 6) is 0.964. The van der Waals surface area contributed by atoms with Crippen LogP contribution in [0.4, 0.5) is 4.39 Å². The molecular formula is C12H14BrFN2. The summed E-state index contributed by atoms with van der Waals surface area (Å²) in [6.45, 7) is 2.60. The van der Waals surface area contributed by atoms with Gasteiger partial charge in [0.15, 0.2) is 0 Å². The summed E-state index contributed by atoms with van der Waals surface area (Å²) in [5.41, 5.74) is 0.719. The first-order chi connectivity index (χ1) is 7.18. The van der Waals surface area contributed by atoms with Crippen LogP contribution in [-0.4, -0.2) is 4.57 Å². The van der Waals surface area contributed by atoms with E-state index in [1.165, 1.54) is 6.07 Å². The Labute approximate surface area is 105 Å². The second kappa shape index (κ2) is 5.25. The fourth-order valence-electron chi connectivity index (χ4n) is 1.58. The van der Waals surface area contributed by atoms with Gasteiger partial charge in [0.25, 0.3) is 5.82 Å². The van der Waals surface area contributed by atoms with Crippen molar-refractivity contribution in [2.24, 2.45) is 7.05 Å². The molecule has 0 saturated carbocycles. The van der Waals surface area contributed by atoms with E-state index < -0.39 is 0 Å². The number of hydrogen-bond acceptors (Lipinski definition) is 0. The van der Waals surface area contributed by atoms with E-state index >= 15 is 0 Å². The van der Waals surface area contributed by atoms with Gasteiger partial charge < -0.3 is 17.0 Å². The van der Waals surface area contributed by atoms with Crippen LogP contribution in [0.25, 0.3) is 0 Å². The van der Waals surface area contributed by atoms with Gasteiger partial charge in [0.2, 0.25) is 0 Å². The Balaban J connectivity index is 0.00000128. The van der Waals surface area contributed by atoms with Crippen molar-refractivity contribution in [3.8, 4) is 0 Å². The van der Waals surface area contributed by atoms with Gasteiger partial charge in [0.1, 0.15) is 24.8 Å². The van der Waals surface area contributed by atoms with Crippen LogP contribution in [0.1, 0.15) is 11.4 Å². The van der Waals surface area contributed by atoms with Crippen molar-refractivity contribution in [3.63, 3.8) is 0 Å². The van der Waals surface area contributed by atoms with Crippen LogP contribution in [-0.2, 0) is 13.6 Å². The zero-order chi connectivity index (χ0) is 10.8. The molecule has 2 aromatic rings. The summed E-state index contributed by atoms with van der Waals surface area (Å²) < 4.78 is 17.4. The van der Waals surface area contributed by atoms with Crippen LogP contribution in [0.3, 0.4) is 0 Å². The Hall–Kier alpha value is -1.16. The number of aromatic nitrogens is 2. The monoisotopic (exact) mass is 284 g/mol. The second-order valence-electron chi connectivity index (χ2n) is 3.68. The van der Waals surface area contributed by atoms with Crippen molar-refractivity contribution in [2.75, 3.05) is 0 Å². The van der Waals surface area contributed by atoms with Crippen LogP contribution >= 0.6 is 0 Å². The zero-order valence-corrected chi connectivity index (χ0v) is 10.9. The van der Waals surface area contributed by atoms with Crippen molar-refractivity contribution >= 4 is 0 Å². The van der Waals surface area contributed by atoms with E-state index in [0.29, 0.717) is 6.54 Å². The molecule has 2 nitrogen and oxygen atoms in total. The number of hydrogen-bond donors (Lipinski definition) is 0. The highest BCUT2D eigenvalue weighted by molar-refractivity contribution is 5.17. The van der Waals surface area contributed by atoms with Gasteiger partial charge in [-0.1, -0.05) is 18.2 Å². The SMILES string of the molecule is Cc1n(Cc2ccccc2F)cc[n+]1C.[Br-]. The maximum atomic E-state index is 13.4. The lowest BCUT2D eigenvalue weighted by molar-refractivity contribution is -0.677. The lowest BCUT2D eigenvalue weighted by atomic mass is 10.2. The maximum Gasteiger partial charge on any atom is 0.253 e. The Bertz CT molecular complexity index is 480. The van der Waals surface area contributed by atoms with Gasteiger partial charge >= 0.3 is 0 Å². The molecule has 1 heterocycles. The van der Waals surface area contributed by atoms with E-state index in [9.17, 15) is 4.39 Å². The molecule has 0 N–H and O–H groups in total. The normalized spacial score (nSPS) is 9.94. The van der Waals surface area contributed by atoms with Crippen LogP contribution < -0.4 is 21.5 Å². The highest BCUT2D eigenvalue weighted by Crippen LogP contribution is 2.08. The summed E-state index contributed by atoms with van der Waals surface area (Å²) in [5, 5.41) is 0. The van der Waals surface area contributed by atoms with Crippen molar-refractivity contribution in [1.29, 1.82) is 0 Å². The number of imidazole rings is 1. The van der Waals surface area contributed by atoms with E-state index in [0.717, 1.165) is 11.4 Å². The first-order valence-electron chi connectivity index (χ1n) is 4.93. The first kappa shape index (κ1) is 12.9. The number of nitrogens with zero attached hydrogens (tertiary/aromatic N) is 2. The third kappa shape index (κ3) is 2.50. The molecule has 0 amide bonds. The number of rotatable bonds is 2. The summed E-state index contributed by atoms with van der Waals surface area (Å²) in [6, 6.07) is 6.88. The molecular weight excluding hydrogens is 271 g/mol. The van der Waals surface area contributed by atoms with Crippen molar-refractivity contribution in [2.45, 2.75) is 13.5 Å². The largest absolute Gasteiger partial charge is 1.00 e. The molecule has 0 atom stereocenters. The molecule has 0 aliphatic heterocycles. The van der Waals surface area contributed by atoms with Crippen LogP contribution in [0.15, 0.2) is 36.7 Å². The van der Waals surface area contributed by atoms with E-state index in [-0.39, 0.29) is 22.8 Å². The quantitative estimate of drug-likeness (QED) is 0.614. The van der Waals surface area contributed by atoms with Gasteiger partial charge in [-0.2, -0.15) is 0 Å². The molecule has 1 aromatic carbocycles. The van der Waals surface area contributed by atoms with Gasteiger partial charge in [0, 0.05) is 12.5 Å². The highest BCUT2D eigenvalue weighted by atomic mass is 79.9. The zero-order valence-electron chi connectivity index (χ0n) is 9.32. The van der Waals surface area contributed by atoms with Crippen LogP contribution in [0.5, 0.6) is 0 Å². The second-order valence-corrected chi connectivity index (χ2v) is 3.68. The van der Waals surface area contributed by atoms with Crippen molar-refractivity contribution in [3.05, 3.63) is 53.9 Å². The van der Waals surface area contributed by atoms with Gasteiger partial charge in [-0.05, 0) is 6.07 Å². The molecule has 0 aliphatic carbocycles. The Morgan fingerprint density at radius 1 is 1.31 bits per heavy atom. The fourth-order valence-corrected chi connectivity index (χ4v) is 1.58. The molecule has 0 spiro atoms. The standard InChI is InChI=1S/C12H14FN2.BrH/c1-10-14(2)7-8-15(10)9-11-5-3-4-6-12(11)13;/h3-8H,9H2,1-2H3;1H/q+1;/p-1. The Morgan fingerprint density at radius 2 is 2.00 bits per heavy atom. The minimum absolute atomic E-state index is 0. The summed E-state index contributed by atoms with van der Waals surface area (Å²) in [6.07, 6.45) is 3.93. The lowest BCUT2D eigenvalue weighted by Crippen LogP contribution is -3.00. The third-order valence-corrected chi connectivity index (χ3v) is 2.69. The smallest absolute Gasteiger partial charge is 0.253 e. The molecule has 1 aromatic heterocycles. The molecule has 0 saturated heterocycles. The van der Waals surface area contributed by atoms with Crippen molar-refractivity contribution < 1.29 is 25.9 Å². The fraction of sp³-hybridized carbons (Fsp3) is 0.250. The topological polar surface area (TPSA) is 8.81 Å². The van der Waals surface area contributed by atoms with Crippen LogP contribution in [0.2, 0.25) is 0 Å². The summed E-state index contributed by atoms with van der Waals surface area (Å²) in [7, 11) is 1.98. The summed E-state index contributed by atoms with van der Waals surface area (Å²) in [4.78, 5) is 0. The predicted molar refractivity (Wildman–Crippen MR) is 55.8 cm³/mol. The number of benzene rings is 1. The highest BCUT2D eigenvalue weighted by Gasteiger charge is 2.11. The van der Waals surface area contributed by atoms with Gasteiger partial charge in [0.05, 0.1) is 7.05 Å². The minimum Gasteiger partial charge on any atom is -1.00 e. The van der Waals surface area contributed by atoms with Crippen LogP contribution in [0, 0.1) is 12.7 Å². The first-order valence-corrected chi connectivity index (χ1v) is 4.93. The lowest BCUT2D eigenvalue weighted by Gasteiger charge is -2.01. The molecule has 2 rings (SSSR count). The van der Waals surface area contributed by atoms with Gasteiger partial charge in [-0.15, -0.1) is 0 Å². The van der Waals surface area contributed by atoms with Gasteiger partial charge in [-0.25, -0.2) is 13.5 Å². The molecule has 0 fully saturated rings. The van der Waals surface area contributed by atoms with Gasteiger partial charge in [-0.3, -0.25) is 0 Å². The van der Waals surface area contributed by atoms with Crippen molar-refractivity contribution in [1.82, 2.24) is 4.57 Å². The number of halogens is 2. The number of aryl methyl sites for hydroxylation is 1. The van der Waals surface area contributed by atoms with E-state index in [1.54, 1.807) is 6.07 Å². The molecule has 86 valence electrons. The molecule has 0 bridgehead atoms. The molecule has 0 aliphatic rings. The van der Waals surface area contributed by atoms with E-state index in [1.807, 2.05) is 47.6 Å². The minimum atomic E-state index is -0.145. The molecule has 0 unspecified atom stereocenters. The van der Waals surface area contributed by atoms with E-state index in [4.69, 9.17) is 0 Å². The Kier molecular flexibility index (Phi) is 4.24.